The summed E-state index contributed by atoms with van der Waals surface area (Å²) in [6.07, 6.45) is 2.03. The van der Waals surface area contributed by atoms with Crippen molar-refractivity contribution in [2.45, 2.75) is 12.3 Å². The monoisotopic (exact) mass is 315 g/mol. The van der Waals surface area contributed by atoms with Crippen molar-refractivity contribution in [2.75, 3.05) is 13.1 Å². The second-order valence-electron chi connectivity index (χ2n) is 5.19. The lowest BCUT2D eigenvalue weighted by Gasteiger charge is -2.37. The molecule has 0 radical (unpaired) electrons. The van der Waals surface area contributed by atoms with E-state index in [1.54, 1.807) is 29.7 Å². The van der Waals surface area contributed by atoms with Crippen molar-refractivity contribution >= 4 is 17.2 Å². The van der Waals surface area contributed by atoms with Crippen LogP contribution in [-0.4, -0.2) is 34.0 Å². The number of carbonyl (C=O) groups excluding carboxylic acids is 1. The van der Waals surface area contributed by atoms with Gasteiger partial charge in [-0.25, -0.2) is 0 Å². The van der Waals surface area contributed by atoms with Crippen molar-refractivity contribution < 1.29 is 13.7 Å². The number of nitrogens with zero attached hydrogens (tertiary/aromatic N) is 3. The second-order valence-corrected chi connectivity index (χ2v) is 6.22. The highest BCUT2D eigenvalue weighted by Crippen LogP contribution is 2.28. The zero-order valence-electron chi connectivity index (χ0n) is 11.6. The summed E-state index contributed by atoms with van der Waals surface area (Å²) in [6.45, 7) is 1.26. The highest BCUT2D eigenvalue weighted by molar-refractivity contribution is 7.10. The molecule has 0 spiro atoms. The lowest BCUT2D eigenvalue weighted by atomic mass is 9.99. The third-order valence-electron chi connectivity index (χ3n) is 3.67. The van der Waals surface area contributed by atoms with E-state index in [4.69, 9.17) is 8.94 Å². The first-order valence-electron chi connectivity index (χ1n) is 6.97. The van der Waals surface area contributed by atoms with Crippen LogP contribution in [-0.2, 0) is 11.2 Å². The summed E-state index contributed by atoms with van der Waals surface area (Å²) in [5.74, 6) is 1.85. The molecule has 4 rings (SSSR count). The molecule has 6 nitrogen and oxygen atoms in total. The minimum Gasteiger partial charge on any atom is -0.461 e. The predicted octanol–water partition coefficient (Wildman–Crippen LogP) is 2.56. The molecule has 0 N–H and O–H groups in total. The largest absolute Gasteiger partial charge is 0.461 e. The van der Waals surface area contributed by atoms with Crippen molar-refractivity contribution in [3.8, 4) is 11.6 Å². The number of amides is 1. The van der Waals surface area contributed by atoms with Gasteiger partial charge in [-0.1, -0.05) is 11.2 Å². The number of hydrogen-bond donors (Lipinski definition) is 0. The van der Waals surface area contributed by atoms with Crippen LogP contribution in [0.5, 0.6) is 0 Å². The van der Waals surface area contributed by atoms with Gasteiger partial charge in [0.15, 0.2) is 5.76 Å². The van der Waals surface area contributed by atoms with Crippen molar-refractivity contribution in [2.24, 2.45) is 0 Å². The molecular formula is C15H13N3O3S. The normalized spacial score (nSPS) is 15.0. The van der Waals surface area contributed by atoms with Crippen molar-refractivity contribution in [3.05, 3.63) is 46.7 Å². The minimum atomic E-state index is 0.114. The first kappa shape index (κ1) is 13.3. The molecule has 7 heteroatoms. The van der Waals surface area contributed by atoms with E-state index in [9.17, 15) is 4.79 Å². The van der Waals surface area contributed by atoms with E-state index in [1.165, 1.54) is 0 Å². The topological polar surface area (TPSA) is 72.4 Å². The Hall–Kier alpha value is -2.41. The fraction of sp³-hybridized carbons (Fsp3) is 0.267. The fourth-order valence-electron chi connectivity index (χ4n) is 2.42. The summed E-state index contributed by atoms with van der Waals surface area (Å²) in [5.41, 5.74) is 0. The molecule has 4 heterocycles. The molecule has 112 valence electrons. The fourth-order valence-corrected chi connectivity index (χ4v) is 3.12. The van der Waals surface area contributed by atoms with E-state index in [-0.39, 0.29) is 11.8 Å². The number of thiophene rings is 1. The van der Waals surface area contributed by atoms with Gasteiger partial charge in [0.1, 0.15) is 0 Å². The van der Waals surface area contributed by atoms with Crippen LogP contribution in [0.15, 0.2) is 44.8 Å². The Labute approximate surface area is 130 Å². The number of aromatic nitrogens is 2. The average Bonchev–Trinajstić information content (AvgIpc) is 3.19. The molecule has 0 unspecified atom stereocenters. The number of rotatable bonds is 4. The van der Waals surface area contributed by atoms with Gasteiger partial charge in [-0.3, -0.25) is 4.79 Å². The maximum absolute atomic E-state index is 12.1. The molecule has 1 saturated heterocycles. The quantitative estimate of drug-likeness (QED) is 0.740. The minimum absolute atomic E-state index is 0.114. The molecule has 1 fully saturated rings. The molecule has 22 heavy (non-hydrogen) atoms. The molecule has 3 aromatic rings. The van der Waals surface area contributed by atoms with Gasteiger partial charge < -0.3 is 13.8 Å². The first-order valence-corrected chi connectivity index (χ1v) is 7.85. The highest BCUT2D eigenvalue weighted by Gasteiger charge is 2.35. The van der Waals surface area contributed by atoms with Gasteiger partial charge in [0, 0.05) is 18.0 Å². The van der Waals surface area contributed by atoms with Crippen LogP contribution in [0.4, 0.5) is 0 Å². The molecular weight excluding hydrogens is 302 g/mol. The summed E-state index contributed by atoms with van der Waals surface area (Å²) in [7, 11) is 0. The summed E-state index contributed by atoms with van der Waals surface area (Å²) >= 11 is 1.60. The van der Waals surface area contributed by atoms with Crippen LogP contribution < -0.4 is 0 Å². The third kappa shape index (κ3) is 2.43. The molecule has 1 amide bonds. The SMILES string of the molecule is O=C(Cc1cccs1)N1CC(c2nc(-c3ccco3)no2)C1. The standard InChI is InChI=1S/C15H13N3O3S/c19-13(7-11-3-2-6-22-11)18-8-10(9-18)15-16-14(17-21-15)12-4-1-5-20-12/h1-6,10H,7-9H2. The maximum Gasteiger partial charge on any atom is 0.238 e. The number of carbonyl (C=O) groups is 1. The number of furan rings is 1. The molecule has 1 aliphatic heterocycles. The first-order chi connectivity index (χ1) is 10.8. The Kier molecular flexibility index (Phi) is 3.27. The van der Waals surface area contributed by atoms with Gasteiger partial charge in [-0.05, 0) is 23.6 Å². The molecule has 1 aliphatic rings. The predicted molar refractivity (Wildman–Crippen MR) is 79.3 cm³/mol. The van der Waals surface area contributed by atoms with Gasteiger partial charge in [0.05, 0.1) is 18.6 Å². The van der Waals surface area contributed by atoms with Crippen LogP contribution in [0.2, 0.25) is 0 Å². The van der Waals surface area contributed by atoms with Crippen LogP contribution in [0.25, 0.3) is 11.6 Å². The number of likely N-dealkylation sites (tertiary alicyclic amines) is 1. The van der Waals surface area contributed by atoms with Gasteiger partial charge >= 0.3 is 0 Å². The van der Waals surface area contributed by atoms with E-state index >= 15 is 0 Å². The van der Waals surface area contributed by atoms with Crippen molar-refractivity contribution in [3.63, 3.8) is 0 Å². The second kappa shape index (κ2) is 5.42. The van der Waals surface area contributed by atoms with Gasteiger partial charge in [-0.15, -0.1) is 11.3 Å². The average molecular weight is 315 g/mol. The summed E-state index contributed by atoms with van der Waals surface area (Å²) < 4.78 is 10.5. The zero-order valence-corrected chi connectivity index (χ0v) is 12.5. The van der Waals surface area contributed by atoms with E-state index in [2.05, 4.69) is 10.1 Å². The zero-order chi connectivity index (χ0) is 14.9. The molecule has 0 atom stereocenters. The van der Waals surface area contributed by atoms with E-state index in [0.717, 1.165) is 4.88 Å². The smallest absolute Gasteiger partial charge is 0.238 e. The van der Waals surface area contributed by atoms with E-state index in [1.807, 2.05) is 22.4 Å². The molecule has 0 aliphatic carbocycles. The Morgan fingerprint density at radius 2 is 2.27 bits per heavy atom. The van der Waals surface area contributed by atoms with Gasteiger partial charge in [-0.2, -0.15) is 4.98 Å². The summed E-state index contributed by atoms with van der Waals surface area (Å²) in [6, 6.07) is 7.50. The van der Waals surface area contributed by atoms with Gasteiger partial charge in [0.25, 0.3) is 0 Å². The summed E-state index contributed by atoms with van der Waals surface area (Å²) in [4.78, 5) is 19.4. The van der Waals surface area contributed by atoms with Crippen LogP contribution in [0, 0.1) is 0 Å². The lowest BCUT2D eigenvalue weighted by molar-refractivity contribution is -0.135. The van der Waals surface area contributed by atoms with Crippen LogP contribution in [0.1, 0.15) is 16.7 Å². The Balaban J connectivity index is 1.36. The molecule has 0 saturated carbocycles. The van der Waals surface area contributed by atoms with E-state index < -0.39 is 0 Å². The summed E-state index contributed by atoms with van der Waals surface area (Å²) in [5, 5.41) is 5.89. The Bertz CT molecular complexity index is 758. The third-order valence-corrected chi connectivity index (χ3v) is 4.55. The highest BCUT2D eigenvalue weighted by atomic mass is 32.1. The molecule has 0 aromatic carbocycles. The Morgan fingerprint density at radius 1 is 1.36 bits per heavy atom. The maximum atomic E-state index is 12.1. The van der Waals surface area contributed by atoms with Gasteiger partial charge in [0.2, 0.25) is 17.6 Å². The van der Waals surface area contributed by atoms with E-state index in [0.29, 0.717) is 37.0 Å². The Morgan fingerprint density at radius 3 is 3.00 bits per heavy atom. The lowest BCUT2D eigenvalue weighted by Crippen LogP contribution is -2.49. The van der Waals surface area contributed by atoms with Crippen LogP contribution in [0.3, 0.4) is 0 Å². The van der Waals surface area contributed by atoms with Crippen LogP contribution >= 0.6 is 11.3 Å². The van der Waals surface area contributed by atoms with Crippen molar-refractivity contribution in [1.29, 1.82) is 0 Å². The molecule has 3 aromatic heterocycles. The number of hydrogen-bond acceptors (Lipinski definition) is 6. The molecule has 0 bridgehead atoms. The van der Waals surface area contributed by atoms with Crippen molar-refractivity contribution in [1.82, 2.24) is 15.0 Å².